The number of phosphoric acid groups is 1. The van der Waals surface area contributed by atoms with Crippen molar-refractivity contribution in [1.29, 1.82) is 0 Å². The van der Waals surface area contributed by atoms with E-state index in [4.69, 9.17) is 19.2 Å². The van der Waals surface area contributed by atoms with E-state index in [2.05, 4.69) is 13.8 Å². The van der Waals surface area contributed by atoms with Gasteiger partial charge >= 0.3 is 7.82 Å². The van der Waals surface area contributed by atoms with Crippen LogP contribution in [0.4, 0.5) is 0 Å². The summed E-state index contributed by atoms with van der Waals surface area (Å²) in [5, 5.41) is 0. The van der Waals surface area contributed by atoms with E-state index in [0.29, 0.717) is 0 Å². The van der Waals surface area contributed by atoms with Crippen LogP contribution in [0.25, 0.3) is 0 Å². The minimum Gasteiger partial charge on any atom is -0.303 e. The van der Waals surface area contributed by atoms with Gasteiger partial charge in [-0.15, -0.1) is 0 Å². The summed E-state index contributed by atoms with van der Waals surface area (Å²) in [6.45, 7) is 4.59. The van der Waals surface area contributed by atoms with Gasteiger partial charge in [-0.1, -0.05) is 117 Å². The van der Waals surface area contributed by atoms with E-state index in [1.807, 2.05) is 0 Å². The lowest BCUT2D eigenvalue weighted by Gasteiger charge is -2.03. The van der Waals surface area contributed by atoms with Crippen molar-refractivity contribution >= 4 is 7.82 Å². The molecular formula is C18H41O4P. The molecule has 0 radical (unpaired) electrons. The van der Waals surface area contributed by atoms with Crippen LogP contribution in [0.3, 0.4) is 0 Å². The van der Waals surface area contributed by atoms with E-state index in [9.17, 15) is 0 Å². The Labute approximate surface area is 144 Å². The van der Waals surface area contributed by atoms with E-state index in [1.165, 1.54) is 103 Å². The van der Waals surface area contributed by atoms with Crippen molar-refractivity contribution in [2.24, 2.45) is 0 Å². The second kappa shape index (κ2) is 20.2. The Bertz CT molecular complexity index is 229. The first kappa shape index (κ1) is 25.4. The van der Waals surface area contributed by atoms with Crippen molar-refractivity contribution in [2.75, 3.05) is 0 Å². The van der Waals surface area contributed by atoms with Gasteiger partial charge in [0.25, 0.3) is 0 Å². The van der Waals surface area contributed by atoms with Crippen molar-refractivity contribution in [3.8, 4) is 0 Å². The number of unbranched alkanes of at least 4 members (excludes halogenated alkanes) is 15. The Kier molecular flexibility index (Phi) is 22.2. The highest BCUT2D eigenvalue weighted by atomic mass is 31.2. The fourth-order valence-electron chi connectivity index (χ4n) is 2.62. The van der Waals surface area contributed by atoms with Crippen LogP contribution in [0.15, 0.2) is 0 Å². The van der Waals surface area contributed by atoms with Gasteiger partial charge in [-0.25, -0.2) is 4.57 Å². The first-order valence-electron chi connectivity index (χ1n) is 9.70. The Morgan fingerprint density at radius 1 is 0.478 bits per heavy atom. The number of rotatable bonds is 15. The van der Waals surface area contributed by atoms with Crippen LogP contribution in [0.2, 0.25) is 0 Å². The van der Waals surface area contributed by atoms with Crippen LogP contribution in [-0.4, -0.2) is 14.7 Å². The molecule has 23 heavy (non-hydrogen) atoms. The SMILES string of the molecule is CCCCCCCCCCCCCCCCCC.O=P(O)(O)O. The van der Waals surface area contributed by atoms with Gasteiger partial charge in [0.2, 0.25) is 0 Å². The van der Waals surface area contributed by atoms with Gasteiger partial charge in [0, 0.05) is 0 Å². The minimum absolute atomic E-state index is 1.37. The van der Waals surface area contributed by atoms with Crippen LogP contribution < -0.4 is 0 Å². The molecule has 0 aliphatic rings. The third kappa shape index (κ3) is 39.2. The average molecular weight is 352 g/mol. The number of hydrogen-bond acceptors (Lipinski definition) is 1. The lowest BCUT2D eigenvalue weighted by atomic mass is 10.0. The van der Waals surface area contributed by atoms with Crippen LogP contribution in [-0.2, 0) is 4.57 Å². The predicted octanol–water partition coefficient (Wildman–Crippen LogP) is 6.34. The Morgan fingerprint density at radius 2 is 0.609 bits per heavy atom. The molecule has 0 rings (SSSR count). The van der Waals surface area contributed by atoms with Crippen molar-refractivity contribution in [1.82, 2.24) is 0 Å². The van der Waals surface area contributed by atoms with Gasteiger partial charge in [-0.3, -0.25) is 0 Å². The van der Waals surface area contributed by atoms with Crippen molar-refractivity contribution < 1.29 is 19.2 Å². The summed E-state index contributed by atoms with van der Waals surface area (Å²) in [6.07, 6.45) is 23.4. The summed E-state index contributed by atoms with van der Waals surface area (Å²) >= 11 is 0. The molecule has 0 heterocycles. The molecule has 0 bridgehead atoms. The Hall–Kier alpha value is 0.110. The zero-order chi connectivity index (χ0) is 17.8. The van der Waals surface area contributed by atoms with Gasteiger partial charge in [0.05, 0.1) is 0 Å². The molecule has 0 saturated heterocycles. The maximum atomic E-state index is 8.88. The molecule has 3 N–H and O–H groups in total. The summed E-state index contributed by atoms with van der Waals surface area (Å²) < 4.78 is 8.88. The van der Waals surface area contributed by atoms with Crippen LogP contribution in [0.1, 0.15) is 117 Å². The van der Waals surface area contributed by atoms with Gasteiger partial charge in [0.15, 0.2) is 0 Å². The van der Waals surface area contributed by atoms with Crippen molar-refractivity contribution in [3.05, 3.63) is 0 Å². The molecule has 0 atom stereocenters. The summed E-state index contributed by atoms with van der Waals surface area (Å²) in [5.74, 6) is 0. The second-order valence-corrected chi connectivity index (χ2v) is 7.49. The third-order valence-electron chi connectivity index (χ3n) is 3.96. The number of hydrogen-bond donors (Lipinski definition) is 3. The molecule has 0 aliphatic heterocycles. The fourth-order valence-corrected chi connectivity index (χ4v) is 2.62. The lowest BCUT2D eigenvalue weighted by Crippen LogP contribution is -1.83. The molecule has 0 fully saturated rings. The largest absolute Gasteiger partial charge is 0.466 e. The zero-order valence-electron chi connectivity index (χ0n) is 15.5. The minimum atomic E-state index is -4.64. The normalized spacial score (nSPS) is 11.2. The van der Waals surface area contributed by atoms with Gasteiger partial charge in [-0.05, 0) is 0 Å². The lowest BCUT2D eigenvalue weighted by molar-refractivity contribution is 0.275. The van der Waals surface area contributed by atoms with Crippen molar-refractivity contribution in [2.45, 2.75) is 117 Å². The molecule has 0 unspecified atom stereocenters. The highest BCUT2D eigenvalue weighted by molar-refractivity contribution is 7.45. The predicted molar refractivity (Wildman–Crippen MR) is 99.5 cm³/mol. The summed E-state index contributed by atoms with van der Waals surface area (Å²) in [4.78, 5) is 21.6. The Balaban J connectivity index is 0. The molecule has 0 aliphatic carbocycles. The van der Waals surface area contributed by atoms with Crippen LogP contribution in [0.5, 0.6) is 0 Å². The van der Waals surface area contributed by atoms with Gasteiger partial charge in [-0.2, -0.15) is 0 Å². The first-order chi connectivity index (χ1) is 10.9. The smallest absolute Gasteiger partial charge is 0.303 e. The zero-order valence-corrected chi connectivity index (χ0v) is 16.4. The van der Waals surface area contributed by atoms with Gasteiger partial charge < -0.3 is 14.7 Å². The fraction of sp³-hybridized carbons (Fsp3) is 1.00. The van der Waals surface area contributed by atoms with E-state index in [-0.39, 0.29) is 0 Å². The summed E-state index contributed by atoms with van der Waals surface area (Å²) in [6, 6.07) is 0. The van der Waals surface area contributed by atoms with Crippen LogP contribution in [0, 0.1) is 0 Å². The molecule has 4 nitrogen and oxygen atoms in total. The average Bonchev–Trinajstić information content (AvgIpc) is 2.46. The maximum absolute atomic E-state index is 8.88. The van der Waals surface area contributed by atoms with E-state index < -0.39 is 7.82 Å². The van der Waals surface area contributed by atoms with Crippen LogP contribution >= 0.6 is 7.82 Å². The standard InChI is InChI=1S/C18H38.H3O4P/c1-3-5-7-9-11-13-15-17-18-16-14-12-10-8-6-4-2;1-5(2,3)4/h3-18H2,1-2H3;(H3,1,2,3,4). The topological polar surface area (TPSA) is 77.8 Å². The van der Waals surface area contributed by atoms with Gasteiger partial charge in [0.1, 0.15) is 0 Å². The highest BCUT2D eigenvalue weighted by Crippen LogP contribution is 2.25. The third-order valence-corrected chi connectivity index (χ3v) is 3.96. The van der Waals surface area contributed by atoms with E-state index in [1.54, 1.807) is 0 Å². The van der Waals surface area contributed by atoms with E-state index >= 15 is 0 Å². The molecule has 0 aromatic rings. The molecule has 0 saturated carbocycles. The molecule has 0 spiro atoms. The highest BCUT2D eigenvalue weighted by Gasteiger charge is 2.00. The van der Waals surface area contributed by atoms with Crippen molar-refractivity contribution in [3.63, 3.8) is 0 Å². The Morgan fingerprint density at radius 3 is 0.739 bits per heavy atom. The summed E-state index contributed by atoms with van der Waals surface area (Å²) in [7, 11) is -4.64. The summed E-state index contributed by atoms with van der Waals surface area (Å²) in [5.41, 5.74) is 0. The molecule has 0 aromatic carbocycles. The quantitative estimate of drug-likeness (QED) is 0.237. The first-order valence-corrected chi connectivity index (χ1v) is 11.3. The second-order valence-electron chi connectivity index (χ2n) is 6.46. The monoisotopic (exact) mass is 352 g/mol. The maximum Gasteiger partial charge on any atom is 0.466 e. The molecular weight excluding hydrogens is 311 g/mol. The molecule has 0 amide bonds. The molecule has 5 heteroatoms. The molecule has 142 valence electrons. The molecule has 0 aromatic heterocycles. The van der Waals surface area contributed by atoms with E-state index in [0.717, 1.165) is 0 Å².